The zero-order chi connectivity index (χ0) is 24.5. The first kappa shape index (κ1) is 23.3. The second-order valence-electron chi connectivity index (χ2n) is 9.81. The number of benzene rings is 1. The van der Waals surface area contributed by atoms with Crippen molar-refractivity contribution < 1.29 is 0 Å². The van der Waals surface area contributed by atoms with E-state index in [1.165, 1.54) is 31.4 Å². The highest BCUT2D eigenvalue weighted by Crippen LogP contribution is 2.34. The van der Waals surface area contributed by atoms with Crippen molar-refractivity contribution in [1.82, 2.24) is 20.1 Å². The average Bonchev–Trinajstić information content (AvgIpc) is 3.42. The third-order valence-corrected chi connectivity index (χ3v) is 7.66. The molecule has 1 aromatic carbocycles. The maximum Gasteiger partial charge on any atom is 0.116 e. The van der Waals surface area contributed by atoms with Gasteiger partial charge in [0.1, 0.15) is 13.7 Å². The lowest BCUT2D eigenvalue weighted by molar-refractivity contribution is 0.198. The molecule has 0 spiro atoms. The Kier molecular flexibility index (Phi) is 6.46. The monoisotopic (exact) mass is 463 g/mol. The van der Waals surface area contributed by atoms with Gasteiger partial charge in [0.25, 0.3) is 0 Å². The lowest BCUT2D eigenvalue weighted by Gasteiger charge is -2.40. The number of nitrogens with zero attached hydrogens (tertiary/aromatic N) is 4. The molecule has 1 aromatic heterocycles. The van der Waals surface area contributed by atoms with Gasteiger partial charge in [-0.05, 0) is 36.5 Å². The van der Waals surface area contributed by atoms with Crippen LogP contribution in [0.3, 0.4) is 0 Å². The van der Waals surface area contributed by atoms with E-state index in [-0.39, 0.29) is 0 Å². The van der Waals surface area contributed by atoms with E-state index in [2.05, 4.69) is 69.5 Å². The van der Waals surface area contributed by atoms with Crippen molar-refractivity contribution in [2.45, 2.75) is 32.2 Å². The maximum atomic E-state index is 6.38. The van der Waals surface area contributed by atoms with Crippen molar-refractivity contribution in [2.24, 2.45) is 5.92 Å². The Balaban J connectivity index is 1.29. The molecule has 178 valence electrons. The number of hydrogen-bond acceptors (Lipinski definition) is 5. The lowest BCUT2D eigenvalue weighted by atomic mass is 9.90. The molecule has 5 nitrogen and oxygen atoms in total. The molecule has 1 aliphatic carbocycles. The average molecular weight is 463 g/mol. The second-order valence-corrected chi connectivity index (χ2v) is 9.81. The zero-order valence-corrected chi connectivity index (χ0v) is 20.6. The molecular weight excluding hydrogens is 429 g/mol. The topological polar surface area (TPSA) is 34.6 Å². The summed E-state index contributed by atoms with van der Waals surface area (Å²) < 4.78 is 0. The first-order valence-corrected chi connectivity index (χ1v) is 12.6. The van der Waals surface area contributed by atoms with E-state index < -0.39 is 0 Å². The van der Waals surface area contributed by atoms with Crippen molar-refractivity contribution >= 4 is 30.4 Å². The largest absolute Gasteiger partial charge is 0.372 e. The van der Waals surface area contributed by atoms with Gasteiger partial charge in [0.05, 0.1) is 17.9 Å². The molecule has 1 saturated carbocycles. The highest BCUT2D eigenvalue weighted by Gasteiger charge is 2.27. The van der Waals surface area contributed by atoms with Crippen molar-refractivity contribution in [3.63, 3.8) is 0 Å². The summed E-state index contributed by atoms with van der Waals surface area (Å²) in [6.07, 6.45) is 7.01. The third-order valence-electron chi connectivity index (χ3n) is 7.66. The number of allylic oxidation sites excluding steroid dienone is 1. The van der Waals surface area contributed by atoms with E-state index in [0.29, 0.717) is 17.9 Å². The number of hydrogen-bond donors (Lipinski definition) is 1. The van der Waals surface area contributed by atoms with Crippen LogP contribution in [0.5, 0.6) is 0 Å². The first-order chi connectivity index (χ1) is 16.9. The second kappa shape index (κ2) is 9.69. The molecule has 0 bridgehead atoms. The molecule has 2 aromatic rings. The Morgan fingerprint density at radius 1 is 1.03 bits per heavy atom. The number of piperazine rings is 1. The fourth-order valence-electron chi connectivity index (χ4n) is 5.56. The van der Waals surface area contributed by atoms with Crippen LogP contribution >= 0.6 is 0 Å². The van der Waals surface area contributed by atoms with Crippen LogP contribution in [0.4, 0.5) is 5.69 Å². The summed E-state index contributed by atoms with van der Waals surface area (Å²) in [5, 5.41) is 3.29. The van der Waals surface area contributed by atoms with Gasteiger partial charge in [0.15, 0.2) is 0 Å². The van der Waals surface area contributed by atoms with Crippen LogP contribution < -0.4 is 15.7 Å². The van der Waals surface area contributed by atoms with E-state index >= 15 is 0 Å². The summed E-state index contributed by atoms with van der Waals surface area (Å²) in [6, 6.07) is 10.3. The van der Waals surface area contributed by atoms with Crippen molar-refractivity contribution in [2.75, 3.05) is 31.1 Å². The van der Waals surface area contributed by atoms with Gasteiger partial charge in [-0.1, -0.05) is 62.8 Å². The Morgan fingerprint density at radius 2 is 1.71 bits per heavy atom. The van der Waals surface area contributed by atoms with E-state index in [1.807, 2.05) is 12.1 Å². The van der Waals surface area contributed by atoms with Gasteiger partial charge in [-0.15, -0.1) is 0 Å². The number of fused-ring (bicyclic) bond motifs is 1. The highest BCUT2D eigenvalue weighted by molar-refractivity contribution is 6.34. The molecule has 0 unspecified atom stereocenters. The zero-order valence-electron chi connectivity index (χ0n) is 20.6. The van der Waals surface area contributed by atoms with E-state index in [9.17, 15) is 0 Å². The predicted molar refractivity (Wildman–Crippen MR) is 147 cm³/mol. The lowest BCUT2D eigenvalue weighted by Crippen LogP contribution is -2.45. The van der Waals surface area contributed by atoms with Gasteiger partial charge in [-0.2, -0.15) is 0 Å². The van der Waals surface area contributed by atoms with Crippen LogP contribution in [0.1, 0.15) is 42.5 Å². The molecule has 1 saturated heterocycles. The summed E-state index contributed by atoms with van der Waals surface area (Å²) in [7, 11) is 6.38. The van der Waals surface area contributed by atoms with Gasteiger partial charge in [-0.3, -0.25) is 4.98 Å². The summed E-state index contributed by atoms with van der Waals surface area (Å²) in [5.74, 6) is 1.45. The Morgan fingerprint density at radius 3 is 2.46 bits per heavy atom. The molecule has 2 aliphatic heterocycles. The molecule has 2 fully saturated rings. The molecule has 3 heterocycles. The van der Waals surface area contributed by atoms with Gasteiger partial charge >= 0.3 is 0 Å². The SMILES string of the molecule is [B]c1cnc(CN2C(=C)NC(=C)c3ccccc32)cc1C(=C)N1CCN(C(=C)C2CCCC2)CC1. The van der Waals surface area contributed by atoms with Crippen LogP contribution in [0.25, 0.3) is 11.4 Å². The highest BCUT2D eigenvalue weighted by atomic mass is 15.3. The van der Waals surface area contributed by atoms with E-state index in [4.69, 9.17) is 7.85 Å². The quantitative estimate of drug-likeness (QED) is 0.650. The Hall–Kier alpha value is -3.41. The smallest absolute Gasteiger partial charge is 0.116 e. The molecule has 0 amide bonds. The predicted octanol–water partition coefficient (Wildman–Crippen LogP) is 4.22. The minimum absolute atomic E-state index is 0.575. The first-order valence-electron chi connectivity index (χ1n) is 12.6. The van der Waals surface area contributed by atoms with Crippen molar-refractivity contribution in [1.29, 1.82) is 0 Å². The van der Waals surface area contributed by atoms with Gasteiger partial charge in [0.2, 0.25) is 0 Å². The van der Waals surface area contributed by atoms with Crippen molar-refractivity contribution in [3.05, 3.63) is 91.2 Å². The maximum absolute atomic E-state index is 6.38. The van der Waals surface area contributed by atoms with Crippen molar-refractivity contribution in [3.8, 4) is 0 Å². The third kappa shape index (κ3) is 4.62. The van der Waals surface area contributed by atoms with Crippen LogP contribution in [0.2, 0.25) is 0 Å². The molecule has 2 radical (unpaired) electrons. The molecule has 0 atom stereocenters. The normalized spacial score (nSPS) is 18.5. The minimum atomic E-state index is 0.575. The summed E-state index contributed by atoms with van der Waals surface area (Å²) >= 11 is 0. The van der Waals surface area contributed by atoms with Crippen LogP contribution in [0, 0.1) is 5.92 Å². The Bertz CT molecular complexity index is 1170. The molecule has 6 heteroatoms. The van der Waals surface area contributed by atoms with Gasteiger partial charge in [0, 0.05) is 55.0 Å². The number of rotatable bonds is 6. The fourth-order valence-corrected chi connectivity index (χ4v) is 5.56. The van der Waals surface area contributed by atoms with Crippen LogP contribution in [0.15, 0.2) is 74.4 Å². The fraction of sp³-hybridized carbons (Fsp3) is 0.345. The molecule has 3 aliphatic rings. The van der Waals surface area contributed by atoms with E-state index in [0.717, 1.165) is 65.9 Å². The molecule has 5 rings (SSSR count). The number of para-hydroxylation sites is 1. The number of pyridine rings is 1. The Labute approximate surface area is 210 Å². The van der Waals surface area contributed by atoms with E-state index in [1.54, 1.807) is 6.20 Å². The number of anilines is 1. The molecule has 35 heavy (non-hydrogen) atoms. The number of nitrogens with one attached hydrogen (secondary N) is 1. The van der Waals surface area contributed by atoms with Gasteiger partial charge in [-0.25, -0.2) is 0 Å². The summed E-state index contributed by atoms with van der Waals surface area (Å²) in [6.45, 7) is 21.6. The van der Waals surface area contributed by atoms with Crippen LogP contribution in [-0.2, 0) is 6.54 Å². The van der Waals surface area contributed by atoms with Crippen LogP contribution in [-0.4, -0.2) is 48.8 Å². The summed E-state index contributed by atoms with van der Waals surface area (Å²) in [5.41, 5.74) is 7.80. The van der Waals surface area contributed by atoms with Gasteiger partial charge < -0.3 is 20.0 Å². The molecule has 1 N–H and O–H groups in total. The minimum Gasteiger partial charge on any atom is -0.372 e. The molecular formula is C29H34BN5. The number of aromatic nitrogens is 1. The summed E-state index contributed by atoms with van der Waals surface area (Å²) in [4.78, 5) is 11.6. The standard InChI is InChI=1S/C29H34BN5/c1-20-26-11-7-8-12-29(26)35(23(4)32-20)19-25-17-27(28(30)18-31-25)22(3)34-15-13-33(14-16-34)21(2)24-9-5-6-10-24/h7-8,11-12,17-18,24,32H,1-6,9-10,13-16,19H2.